The van der Waals surface area contributed by atoms with Crippen molar-refractivity contribution in [1.82, 2.24) is 31.1 Å². The van der Waals surface area contributed by atoms with E-state index in [9.17, 15) is 10.1 Å². The highest BCUT2D eigenvalue weighted by atomic mass is 16.6. The summed E-state index contributed by atoms with van der Waals surface area (Å²) in [5, 5.41) is 22.8. The molecule has 5 atom stereocenters. The number of piperazine rings is 1. The van der Waals surface area contributed by atoms with Gasteiger partial charge in [-0.1, -0.05) is 6.08 Å². The second-order valence-corrected chi connectivity index (χ2v) is 11.2. The number of allylic oxidation sites excluding steroid dienone is 3. The summed E-state index contributed by atoms with van der Waals surface area (Å²) in [5.41, 5.74) is 1.26. The SMILES string of the molecule is N#C[C@@H]1C[C@H](C2=N[C@@H](NC3=CC[C@H](N4CCN(C5COC5)CC4)CC3)NCN2)CC=C1OCC1CNC(=O)O1. The number of nitriles is 1. The Morgan fingerprint density at radius 1 is 1.13 bits per heavy atom. The number of rotatable bonds is 8. The lowest BCUT2D eigenvalue weighted by molar-refractivity contribution is -0.0799. The molecule has 1 unspecified atom stereocenters. The standard InChI is InChI=1S/C27H40N8O4/c28-12-19-11-18(1-6-24(19)38-16-23-13-29-27(36)39-23)25-30-17-31-26(33-25)32-20-2-4-21(5-3-20)34-7-9-35(10-8-34)22-14-37-15-22/h2,6,18-19,21-23,26,31-32H,1,3-5,7-11,13-17H2,(H,29,36)(H,30,33)/t18-,19+,21+,23?,26-/m1/s1. The van der Waals surface area contributed by atoms with E-state index in [1.807, 2.05) is 6.08 Å². The zero-order valence-corrected chi connectivity index (χ0v) is 22.4. The second-order valence-electron chi connectivity index (χ2n) is 11.2. The molecule has 0 spiro atoms. The molecule has 0 saturated carbocycles. The van der Waals surface area contributed by atoms with Crippen molar-refractivity contribution in [3.8, 4) is 6.07 Å². The van der Waals surface area contributed by atoms with Gasteiger partial charge in [-0.2, -0.15) is 5.26 Å². The number of aliphatic imine (C=N–C) groups is 1. The molecule has 12 heteroatoms. The van der Waals surface area contributed by atoms with Crippen molar-refractivity contribution in [3.05, 3.63) is 23.6 Å². The smallest absolute Gasteiger partial charge is 0.407 e. The van der Waals surface area contributed by atoms with Gasteiger partial charge in [-0.25, -0.2) is 9.79 Å². The molecular weight excluding hydrogens is 500 g/mol. The third-order valence-electron chi connectivity index (χ3n) is 8.73. The fraction of sp³-hybridized carbons (Fsp3) is 0.741. The van der Waals surface area contributed by atoms with Gasteiger partial charge in [0.1, 0.15) is 24.1 Å². The van der Waals surface area contributed by atoms with E-state index in [4.69, 9.17) is 19.2 Å². The number of nitrogens with one attached hydrogen (secondary N) is 4. The summed E-state index contributed by atoms with van der Waals surface area (Å²) in [5.74, 6) is 1.39. The first kappa shape index (κ1) is 26.4. The van der Waals surface area contributed by atoms with Crippen LogP contribution in [0.4, 0.5) is 4.79 Å². The maximum atomic E-state index is 11.2. The van der Waals surface area contributed by atoms with Gasteiger partial charge in [0.2, 0.25) is 0 Å². The lowest BCUT2D eigenvalue weighted by atomic mass is 9.85. The van der Waals surface area contributed by atoms with Crippen LogP contribution in [0.15, 0.2) is 28.6 Å². The van der Waals surface area contributed by atoms with Gasteiger partial charge < -0.3 is 30.2 Å². The average Bonchev–Trinajstić information content (AvgIpc) is 3.37. The molecule has 212 valence electrons. The van der Waals surface area contributed by atoms with Crippen LogP contribution in [-0.4, -0.2) is 105 Å². The number of hydrogen-bond donors (Lipinski definition) is 4. The van der Waals surface area contributed by atoms with E-state index in [1.54, 1.807) is 0 Å². The van der Waals surface area contributed by atoms with Gasteiger partial charge in [-0.15, -0.1) is 0 Å². The molecule has 1 amide bonds. The molecule has 0 bridgehead atoms. The Hall–Kier alpha value is -2.85. The molecule has 0 aromatic rings. The number of amides is 1. The predicted molar refractivity (Wildman–Crippen MR) is 143 cm³/mol. The van der Waals surface area contributed by atoms with Crippen LogP contribution in [0.1, 0.15) is 32.1 Å². The van der Waals surface area contributed by atoms with E-state index in [0.717, 1.165) is 64.5 Å². The van der Waals surface area contributed by atoms with Crippen molar-refractivity contribution in [1.29, 1.82) is 5.26 Å². The maximum absolute atomic E-state index is 11.2. The van der Waals surface area contributed by atoms with Crippen molar-refractivity contribution < 1.29 is 19.0 Å². The number of cyclic esters (lactones) is 1. The molecule has 0 radical (unpaired) electrons. The Kier molecular flexibility index (Phi) is 8.20. The fourth-order valence-electron chi connectivity index (χ4n) is 6.27. The summed E-state index contributed by atoms with van der Waals surface area (Å²) in [7, 11) is 0. The zero-order valence-electron chi connectivity index (χ0n) is 22.4. The molecule has 4 N–H and O–H groups in total. The van der Waals surface area contributed by atoms with Crippen LogP contribution in [0.2, 0.25) is 0 Å². The van der Waals surface area contributed by atoms with Gasteiger partial charge >= 0.3 is 6.09 Å². The molecule has 6 rings (SSSR count). The number of carbonyl (C=O) groups is 1. The Morgan fingerprint density at radius 2 is 1.95 bits per heavy atom. The van der Waals surface area contributed by atoms with Gasteiger partial charge in [0, 0.05) is 43.8 Å². The molecule has 6 aliphatic rings. The Morgan fingerprint density at radius 3 is 2.62 bits per heavy atom. The van der Waals surface area contributed by atoms with Crippen molar-refractivity contribution >= 4 is 11.9 Å². The van der Waals surface area contributed by atoms with E-state index in [-0.39, 0.29) is 30.8 Å². The van der Waals surface area contributed by atoms with Crippen molar-refractivity contribution in [2.45, 2.75) is 56.6 Å². The van der Waals surface area contributed by atoms with Crippen LogP contribution in [0, 0.1) is 23.2 Å². The van der Waals surface area contributed by atoms with Gasteiger partial charge in [0.15, 0.2) is 12.4 Å². The Labute approximate surface area is 229 Å². The first-order chi connectivity index (χ1) is 19.1. The summed E-state index contributed by atoms with van der Waals surface area (Å²) in [6.45, 7) is 7.73. The van der Waals surface area contributed by atoms with Crippen LogP contribution in [0.3, 0.4) is 0 Å². The minimum absolute atomic E-state index is 0.134. The number of carbonyl (C=O) groups excluding carboxylic acids is 1. The third kappa shape index (κ3) is 6.32. The predicted octanol–water partition coefficient (Wildman–Crippen LogP) is 0.420. The Balaban J connectivity index is 0.980. The minimum Gasteiger partial charge on any atom is -0.493 e. The number of alkyl carbamates (subject to hydrolysis) is 1. The topological polar surface area (TPSA) is 136 Å². The van der Waals surface area contributed by atoms with Crippen LogP contribution < -0.4 is 21.3 Å². The van der Waals surface area contributed by atoms with Gasteiger partial charge in [-0.05, 0) is 38.2 Å². The largest absolute Gasteiger partial charge is 0.493 e. The number of ether oxygens (including phenoxy) is 3. The van der Waals surface area contributed by atoms with E-state index in [2.05, 4.69) is 43.2 Å². The fourth-order valence-corrected chi connectivity index (χ4v) is 6.27. The maximum Gasteiger partial charge on any atom is 0.407 e. The molecular formula is C27H40N8O4. The monoisotopic (exact) mass is 540 g/mol. The van der Waals surface area contributed by atoms with Gasteiger partial charge in [0.25, 0.3) is 0 Å². The van der Waals surface area contributed by atoms with E-state index in [1.165, 1.54) is 12.1 Å². The Bertz CT molecular complexity index is 1030. The molecule has 39 heavy (non-hydrogen) atoms. The lowest BCUT2D eigenvalue weighted by Crippen LogP contribution is -2.58. The van der Waals surface area contributed by atoms with E-state index >= 15 is 0 Å². The summed E-state index contributed by atoms with van der Waals surface area (Å²) in [4.78, 5) is 21.4. The van der Waals surface area contributed by atoms with Gasteiger partial charge in [-0.3, -0.25) is 15.1 Å². The van der Waals surface area contributed by atoms with Crippen molar-refractivity contribution in [3.63, 3.8) is 0 Å². The van der Waals surface area contributed by atoms with Crippen LogP contribution in [0.5, 0.6) is 0 Å². The molecule has 12 nitrogen and oxygen atoms in total. The third-order valence-corrected chi connectivity index (χ3v) is 8.73. The average molecular weight is 541 g/mol. The highest BCUT2D eigenvalue weighted by Gasteiger charge is 2.33. The summed E-state index contributed by atoms with van der Waals surface area (Å²) < 4.78 is 16.4. The molecule has 4 aliphatic heterocycles. The minimum atomic E-state index is -0.422. The second kappa shape index (κ2) is 12.1. The van der Waals surface area contributed by atoms with Crippen molar-refractivity contribution in [2.75, 3.05) is 59.2 Å². The summed E-state index contributed by atoms with van der Waals surface area (Å²) in [6, 6.07) is 3.65. The van der Waals surface area contributed by atoms with E-state index in [0.29, 0.717) is 37.5 Å². The molecule has 0 aromatic carbocycles. The normalized spacial score (nSPS) is 34.3. The highest BCUT2D eigenvalue weighted by Crippen LogP contribution is 2.31. The number of amidine groups is 1. The van der Waals surface area contributed by atoms with Crippen molar-refractivity contribution in [2.24, 2.45) is 16.8 Å². The zero-order chi connectivity index (χ0) is 26.6. The molecule has 2 aliphatic carbocycles. The van der Waals surface area contributed by atoms with Crippen LogP contribution in [0.25, 0.3) is 0 Å². The number of hydrogen-bond acceptors (Lipinski definition) is 11. The quantitative estimate of drug-likeness (QED) is 0.343. The first-order valence-electron chi connectivity index (χ1n) is 14.4. The summed E-state index contributed by atoms with van der Waals surface area (Å²) in [6.07, 6.45) is 8.11. The lowest BCUT2D eigenvalue weighted by Gasteiger charge is -2.45. The van der Waals surface area contributed by atoms with E-state index < -0.39 is 6.09 Å². The number of nitrogens with zero attached hydrogens (tertiary/aromatic N) is 4. The van der Waals surface area contributed by atoms with Crippen LogP contribution >= 0.6 is 0 Å². The van der Waals surface area contributed by atoms with Gasteiger partial charge in [0.05, 0.1) is 38.5 Å². The first-order valence-corrected chi connectivity index (χ1v) is 14.4. The molecule has 4 heterocycles. The molecule has 3 fully saturated rings. The van der Waals surface area contributed by atoms with Crippen LogP contribution in [-0.2, 0) is 14.2 Å². The molecule has 3 saturated heterocycles. The summed E-state index contributed by atoms with van der Waals surface area (Å²) >= 11 is 0. The highest BCUT2D eigenvalue weighted by molar-refractivity contribution is 5.85. The molecule has 0 aromatic heterocycles.